The van der Waals surface area contributed by atoms with Gasteiger partial charge in [0.25, 0.3) is 0 Å². The summed E-state index contributed by atoms with van der Waals surface area (Å²) >= 11 is 6.04. The summed E-state index contributed by atoms with van der Waals surface area (Å²) in [4.78, 5) is 0. The van der Waals surface area contributed by atoms with Crippen LogP contribution in [0, 0.1) is 0 Å². The minimum atomic E-state index is -0.191. The van der Waals surface area contributed by atoms with Gasteiger partial charge in [-0.05, 0) is 39.0 Å². The van der Waals surface area contributed by atoms with E-state index in [1.54, 1.807) is 18.2 Å². The predicted molar refractivity (Wildman–Crippen MR) is 75.2 cm³/mol. The first-order valence-electron chi connectivity index (χ1n) is 5.87. The average Bonchev–Trinajstić information content (AvgIpc) is 2.33. The van der Waals surface area contributed by atoms with E-state index in [0.29, 0.717) is 29.5 Å². The summed E-state index contributed by atoms with van der Waals surface area (Å²) < 4.78 is 11.0. The molecule has 6 heteroatoms. The second-order valence-corrected chi connectivity index (χ2v) is 5.35. The van der Waals surface area contributed by atoms with Crippen molar-refractivity contribution in [2.45, 2.75) is 26.4 Å². The third kappa shape index (κ3) is 5.36. The SMILES string of the molecule is CC(C)(C)OCCOc1ccc(/C(N)=N/O)cc1Cl. The van der Waals surface area contributed by atoms with Crippen LogP contribution in [0.4, 0.5) is 0 Å². The first-order chi connectivity index (χ1) is 8.83. The Hall–Kier alpha value is -1.46. The molecule has 5 nitrogen and oxygen atoms in total. The number of benzene rings is 1. The van der Waals surface area contributed by atoms with Gasteiger partial charge in [0, 0.05) is 5.56 Å². The quantitative estimate of drug-likeness (QED) is 0.287. The van der Waals surface area contributed by atoms with Gasteiger partial charge < -0.3 is 20.4 Å². The molecule has 0 spiro atoms. The van der Waals surface area contributed by atoms with Crippen molar-refractivity contribution in [1.29, 1.82) is 0 Å². The number of nitrogens with two attached hydrogens (primary N) is 1. The molecule has 0 atom stereocenters. The minimum Gasteiger partial charge on any atom is -0.490 e. The number of rotatable bonds is 5. The van der Waals surface area contributed by atoms with E-state index in [1.165, 1.54) is 0 Å². The summed E-state index contributed by atoms with van der Waals surface area (Å²) in [6, 6.07) is 4.92. The molecule has 1 aromatic carbocycles. The van der Waals surface area contributed by atoms with Gasteiger partial charge in [0.2, 0.25) is 0 Å². The lowest BCUT2D eigenvalue weighted by atomic mass is 10.2. The Morgan fingerprint density at radius 1 is 1.37 bits per heavy atom. The third-order valence-electron chi connectivity index (χ3n) is 2.21. The Morgan fingerprint density at radius 3 is 2.58 bits per heavy atom. The van der Waals surface area contributed by atoms with Gasteiger partial charge in [-0.3, -0.25) is 0 Å². The topological polar surface area (TPSA) is 77.1 Å². The Balaban J connectivity index is 2.56. The highest BCUT2D eigenvalue weighted by Gasteiger charge is 2.10. The summed E-state index contributed by atoms with van der Waals surface area (Å²) in [5, 5.41) is 11.9. The van der Waals surface area contributed by atoms with Crippen molar-refractivity contribution in [3.8, 4) is 5.75 Å². The van der Waals surface area contributed by atoms with Crippen molar-refractivity contribution in [2.75, 3.05) is 13.2 Å². The smallest absolute Gasteiger partial charge is 0.170 e. The second kappa shape index (κ2) is 6.63. The molecular formula is C13H19ClN2O3. The zero-order valence-corrected chi connectivity index (χ0v) is 12.1. The number of ether oxygens (including phenoxy) is 2. The molecule has 0 saturated carbocycles. The lowest BCUT2D eigenvalue weighted by Crippen LogP contribution is -2.22. The van der Waals surface area contributed by atoms with Gasteiger partial charge in [0.1, 0.15) is 12.4 Å². The molecule has 0 amide bonds. The first-order valence-corrected chi connectivity index (χ1v) is 6.25. The molecule has 3 N–H and O–H groups in total. The highest BCUT2D eigenvalue weighted by atomic mass is 35.5. The monoisotopic (exact) mass is 286 g/mol. The molecule has 1 rings (SSSR count). The van der Waals surface area contributed by atoms with E-state index in [0.717, 1.165) is 0 Å². The van der Waals surface area contributed by atoms with Crippen LogP contribution in [0.15, 0.2) is 23.4 Å². The zero-order chi connectivity index (χ0) is 14.5. The Kier molecular flexibility index (Phi) is 5.44. The molecule has 1 aromatic rings. The van der Waals surface area contributed by atoms with Crippen molar-refractivity contribution in [3.63, 3.8) is 0 Å². The standard InChI is InChI=1S/C13H19ClN2O3/c1-13(2,3)19-7-6-18-11-5-4-9(8-10(11)14)12(15)16-17/h4-5,8,17H,6-7H2,1-3H3,(H2,15,16). The molecule has 0 heterocycles. The van der Waals surface area contributed by atoms with Crippen molar-refractivity contribution < 1.29 is 14.7 Å². The van der Waals surface area contributed by atoms with E-state index in [1.807, 2.05) is 20.8 Å². The molecule has 19 heavy (non-hydrogen) atoms. The predicted octanol–water partition coefficient (Wildman–Crippen LogP) is 2.63. The number of hydrogen-bond donors (Lipinski definition) is 2. The van der Waals surface area contributed by atoms with Gasteiger partial charge in [-0.2, -0.15) is 0 Å². The maximum atomic E-state index is 8.57. The number of hydrogen-bond acceptors (Lipinski definition) is 4. The van der Waals surface area contributed by atoms with Crippen LogP contribution in [0.3, 0.4) is 0 Å². The third-order valence-corrected chi connectivity index (χ3v) is 2.51. The molecule has 0 bridgehead atoms. The fourth-order valence-corrected chi connectivity index (χ4v) is 1.57. The maximum Gasteiger partial charge on any atom is 0.170 e. The Morgan fingerprint density at radius 2 is 2.05 bits per heavy atom. The van der Waals surface area contributed by atoms with Crippen molar-refractivity contribution in [3.05, 3.63) is 28.8 Å². The van der Waals surface area contributed by atoms with Crippen LogP contribution >= 0.6 is 11.6 Å². The van der Waals surface area contributed by atoms with Gasteiger partial charge in [-0.15, -0.1) is 0 Å². The van der Waals surface area contributed by atoms with E-state index >= 15 is 0 Å². The van der Waals surface area contributed by atoms with Crippen LogP contribution < -0.4 is 10.5 Å². The van der Waals surface area contributed by atoms with Gasteiger partial charge in [0.15, 0.2) is 5.84 Å². The van der Waals surface area contributed by atoms with Crippen molar-refractivity contribution >= 4 is 17.4 Å². The normalized spacial score (nSPS) is 12.5. The minimum absolute atomic E-state index is 0.00418. The van der Waals surface area contributed by atoms with Crippen LogP contribution in [0.5, 0.6) is 5.75 Å². The average molecular weight is 287 g/mol. The van der Waals surface area contributed by atoms with Gasteiger partial charge in [0.05, 0.1) is 17.2 Å². The molecule has 0 aliphatic rings. The van der Waals surface area contributed by atoms with Gasteiger partial charge in [-0.25, -0.2) is 0 Å². The van der Waals surface area contributed by atoms with E-state index in [-0.39, 0.29) is 11.4 Å². The van der Waals surface area contributed by atoms with Crippen LogP contribution in [-0.4, -0.2) is 29.9 Å². The van der Waals surface area contributed by atoms with E-state index in [2.05, 4.69) is 5.16 Å². The molecule has 0 aliphatic carbocycles. The highest BCUT2D eigenvalue weighted by Crippen LogP contribution is 2.25. The van der Waals surface area contributed by atoms with Gasteiger partial charge >= 0.3 is 0 Å². The summed E-state index contributed by atoms with van der Waals surface area (Å²) in [5.41, 5.74) is 5.81. The fraction of sp³-hybridized carbons (Fsp3) is 0.462. The molecule has 0 radical (unpaired) electrons. The lowest BCUT2D eigenvalue weighted by molar-refractivity contribution is -0.0162. The first kappa shape index (κ1) is 15.6. The Bertz CT molecular complexity index is 456. The van der Waals surface area contributed by atoms with Crippen LogP contribution in [0.1, 0.15) is 26.3 Å². The molecule has 106 valence electrons. The van der Waals surface area contributed by atoms with E-state index in [9.17, 15) is 0 Å². The molecule has 0 fully saturated rings. The van der Waals surface area contributed by atoms with Crippen molar-refractivity contribution in [2.24, 2.45) is 10.9 Å². The van der Waals surface area contributed by atoms with Crippen LogP contribution in [0.2, 0.25) is 5.02 Å². The second-order valence-electron chi connectivity index (χ2n) is 4.94. The molecular weight excluding hydrogens is 268 g/mol. The molecule has 0 unspecified atom stereocenters. The van der Waals surface area contributed by atoms with E-state index < -0.39 is 0 Å². The molecule has 0 saturated heterocycles. The summed E-state index contributed by atoms with van der Waals surface area (Å²) in [5.74, 6) is 0.540. The summed E-state index contributed by atoms with van der Waals surface area (Å²) in [7, 11) is 0. The van der Waals surface area contributed by atoms with Gasteiger partial charge in [-0.1, -0.05) is 16.8 Å². The number of oxime groups is 1. The largest absolute Gasteiger partial charge is 0.490 e. The summed E-state index contributed by atoms with van der Waals surface area (Å²) in [6.45, 7) is 6.81. The van der Waals surface area contributed by atoms with Crippen molar-refractivity contribution in [1.82, 2.24) is 0 Å². The van der Waals surface area contributed by atoms with Crippen LogP contribution in [-0.2, 0) is 4.74 Å². The van der Waals surface area contributed by atoms with Crippen LogP contribution in [0.25, 0.3) is 0 Å². The molecule has 0 aromatic heterocycles. The zero-order valence-electron chi connectivity index (χ0n) is 11.3. The number of amidine groups is 1. The number of nitrogens with zero attached hydrogens (tertiary/aromatic N) is 1. The maximum absolute atomic E-state index is 8.57. The molecule has 0 aliphatic heterocycles. The lowest BCUT2D eigenvalue weighted by Gasteiger charge is -2.19. The van der Waals surface area contributed by atoms with E-state index in [4.69, 9.17) is 32.0 Å². The summed E-state index contributed by atoms with van der Waals surface area (Å²) in [6.07, 6.45) is 0. The number of halogens is 1. The highest BCUT2D eigenvalue weighted by molar-refractivity contribution is 6.32. The Labute approximate surface area is 117 Å². The fourth-order valence-electron chi connectivity index (χ4n) is 1.33.